The first-order valence-electron chi connectivity index (χ1n) is 12.6. The molecule has 4 heterocycles. The van der Waals surface area contributed by atoms with E-state index in [1.807, 2.05) is 58.2 Å². The zero-order valence-corrected chi connectivity index (χ0v) is 24.3. The minimum Gasteiger partial charge on any atom is -0.479 e. The van der Waals surface area contributed by atoms with Gasteiger partial charge >= 0.3 is 7.12 Å². The molecular weight excluding hydrogens is 483 g/mol. The van der Waals surface area contributed by atoms with Gasteiger partial charge in [0.25, 0.3) is 0 Å². The summed E-state index contributed by atoms with van der Waals surface area (Å²) in [7, 11) is -2.67. The maximum absolute atomic E-state index is 9.78. The SMILES string of the molecule is CC1(C)OB(c2cc(OC(CO[Si](C)(C)C(C)(C)C)c3ccccn3)c3c(C#N)cnn3c2)OC1(C)C. The Morgan fingerprint density at radius 1 is 1.16 bits per heavy atom. The molecule has 3 aromatic heterocycles. The summed E-state index contributed by atoms with van der Waals surface area (Å²) in [5, 5.41) is 14.2. The first kappa shape index (κ1) is 27.3. The Balaban J connectivity index is 1.75. The Morgan fingerprint density at radius 3 is 2.41 bits per heavy atom. The van der Waals surface area contributed by atoms with Gasteiger partial charge in [0, 0.05) is 17.9 Å². The van der Waals surface area contributed by atoms with Crippen molar-refractivity contribution in [3.8, 4) is 11.8 Å². The maximum atomic E-state index is 9.78. The van der Waals surface area contributed by atoms with Crippen LogP contribution in [0.5, 0.6) is 5.75 Å². The van der Waals surface area contributed by atoms with Gasteiger partial charge in [0.1, 0.15) is 22.9 Å². The molecule has 1 fully saturated rings. The van der Waals surface area contributed by atoms with Crippen LogP contribution in [0.4, 0.5) is 0 Å². The molecular formula is C27H37BN4O4Si. The highest BCUT2D eigenvalue weighted by atomic mass is 28.4. The second-order valence-electron chi connectivity index (χ2n) is 12.1. The molecule has 1 saturated heterocycles. The number of hydrogen-bond donors (Lipinski definition) is 0. The normalized spacial score (nSPS) is 18.1. The van der Waals surface area contributed by atoms with Gasteiger partial charge in [0.05, 0.1) is 29.7 Å². The minimum absolute atomic E-state index is 0.0467. The number of rotatable bonds is 7. The van der Waals surface area contributed by atoms with Crippen LogP contribution >= 0.6 is 0 Å². The molecule has 0 amide bonds. The summed E-state index contributed by atoms with van der Waals surface area (Å²) in [5.41, 5.74) is 1.50. The van der Waals surface area contributed by atoms with E-state index in [1.54, 1.807) is 10.7 Å². The summed E-state index contributed by atoms with van der Waals surface area (Å²) in [6.45, 7) is 19.4. The van der Waals surface area contributed by atoms with Crippen LogP contribution in [0.2, 0.25) is 18.1 Å². The molecule has 0 radical (unpaired) electrons. The third-order valence-electron chi connectivity index (χ3n) is 7.93. The largest absolute Gasteiger partial charge is 0.496 e. The lowest BCUT2D eigenvalue weighted by atomic mass is 9.80. The summed E-state index contributed by atoms with van der Waals surface area (Å²) in [6, 6.07) is 9.84. The number of aromatic nitrogens is 3. The second kappa shape index (κ2) is 9.55. The van der Waals surface area contributed by atoms with Gasteiger partial charge in [-0.3, -0.25) is 4.98 Å². The monoisotopic (exact) mass is 520 g/mol. The Labute approximate surface area is 221 Å². The molecule has 1 aliphatic rings. The van der Waals surface area contributed by atoms with Crippen molar-refractivity contribution >= 4 is 26.4 Å². The van der Waals surface area contributed by atoms with Crippen LogP contribution in [0, 0.1) is 11.3 Å². The van der Waals surface area contributed by atoms with Crippen molar-refractivity contribution in [3.05, 3.63) is 54.1 Å². The van der Waals surface area contributed by atoms with Gasteiger partial charge in [-0.1, -0.05) is 26.8 Å². The third-order valence-corrected chi connectivity index (χ3v) is 12.4. The highest BCUT2D eigenvalue weighted by Crippen LogP contribution is 2.39. The minimum atomic E-state index is -2.06. The van der Waals surface area contributed by atoms with Gasteiger partial charge in [0.15, 0.2) is 14.4 Å². The van der Waals surface area contributed by atoms with E-state index >= 15 is 0 Å². The number of ether oxygens (including phenoxy) is 1. The smallest absolute Gasteiger partial charge is 0.479 e. The summed E-state index contributed by atoms with van der Waals surface area (Å²) < 4.78 is 27.4. The van der Waals surface area contributed by atoms with Crippen LogP contribution in [0.15, 0.2) is 42.9 Å². The van der Waals surface area contributed by atoms with E-state index < -0.39 is 32.7 Å². The lowest BCUT2D eigenvalue weighted by molar-refractivity contribution is 0.00578. The molecule has 3 aromatic rings. The summed E-state index contributed by atoms with van der Waals surface area (Å²) >= 11 is 0. The third kappa shape index (κ3) is 5.32. The van der Waals surface area contributed by atoms with E-state index in [-0.39, 0.29) is 5.04 Å². The number of pyridine rings is 2. The van der Waals surface area contributed by atoms with E-state index in [1.165, 1.54) is 6.20 Å². The first-order chi connectivity index (χ1) is 17.1. The van der Waals surface area contributed by atoms with Crippen molar-refractivity contribution in [3.63, 3.8) is 0 Å². The van der Waals surface area contributed by atoms with Gasteiger partial charge in [-0.15, -0.1) is 0 Å². The molecule has 0 spiro atoms. The van der Waals surface area contributed by atoms with Gasteiger partial charge < -0.3 is 18.5 Å². The van der Waals surface area contributed by atoms with E-state index in [4.69, 9.17) is 18.5 Å². The Morgan fingerprint density at radius 2 is 1.84 bits per heavy atom. The van der Waals surface area contributed by atoms with E-state index in [0.717, 1.165) is 11.2 Å². The molecule has 0 bridgehead atoms. The molecule has 0 N–H and O–H groups in total. The standard InChI is InChI=1S/C27H37BN4O4Si/c1-25(2,3)37(8,9)33-18-23(21-12-10-11-13-30-21)34-22-14-20(17-32-24(22)19(15-29)16-31-32)28-35-26(4,5)27(6,7)36-28/h10-14,16-17,23H,18H2,1-9H3. The quantitative estimate of drug-likeness (QED) is 0.403. The van der Waals surface area contributed by atoms with Gasteiger partial charge in [-0.2, -0.15) is 10.4 Å². The van der Waals surface area contributed by atoms with Gasteiger partial charge in [-0.25, -0.2) is 4.52 Å². The van der Waals surface area contributed by atoms with Crippen molar-refractivity contribution in [2.24, 2.45) is 0 Å². The zero-order chi connectivity index (χ0) is 27.2. The summed E-state index contributed by atoms with van der Waals surface area (Å²) in [5.74, 6) is 0.496. The predicted molar refractivity (Wildman–Crippen MR) is 146 cm³/mol. The highest BCUT2D eigenvalue weighted by Gasteiger charge is 2.52. The molecule has 37 heavy (non-hydrogen) atoms. The van der Waals surface area contributed by atoms with E-state index in [0.29, 0.717) is 23.4 Å². The molecule has 196 valence electrons. The zero-order valence-electron chi connectivity index (χ0n) is 23.3. The number of hydrogen-bond acceptors (Lipinski definition) is 7. The van der Waals surface area contributed by atoms with Crippen molar-refractivity contribution in [2.45, 2.75) is 83.9 Å². The lowest BCUT2D eigenvalue weighted by Crippen LogP contribution is -2.42. The van der Waals surface area contributed by atoms with Crippen LogP contribution in [-0.4, -0.2) is 47.8 Å². The van der Waals surface area contributed by atoms with Crippen molar-refractivity contribution < 1.29 is 18.5 Å². The number of nitrogens with zero attached hydrogens (tertiary/aromatic N) is 4. The Bertz CT molecular complexity index is 1300. The fourth-order valence-corrected chi connectivity index (χ4v) is 4.78. The van der Waals surface area contributed by atoms with Gasteiger partial charge in [0.2, 0.25) is 0 Å². The Hall–Kier alpha value is -2.71. The fourth-order valence-electron chi connectivity index (χ4n) is 3.78. The average molecular weight is 521 g/mol. The van der Waals surface area contributed by atoms with Crippen molar-refractivity contribution in [1.29, 1.82) is 5.26 Å². The highest BCUT2D eigenvalue weighted by molar-refractivity contribution is 6.74. The summed E-state index contributed by atoms with van der Waals surface area (Å²) in [4.78, 5) is 4.56. The summed E-state index contributed by atoms with van der Waals surface area (Å²) in [6.07, 6.45) is 4.62. The van der Waals surface area contributed by atoms with Crippen LogP contribution in [0.1, 0.15) is 65.8 Å². The average Bonchev–Trinajstić information content (AvgIpc) is 3.33. The topological polar surface area (TPSA) is 90.9 Å². The molecule has 1 unspecified atom stereocenters. The molecule has 8 nitrogen and oxygen atoms in total. The molecule has 0 aliphatic carbocycles. The molecule has 0 aromatic carbocycles. The predicted octanol–water partition coefficient (Wildman–Crippen LogP) is 5.04. The molecule has 4 rings (SSSR count). The van der Waals surface area contributed by atoms with Crippen LogP contribution in [-0.2, 0) is 13.7 Å². The first-order valence-corrected chi connectivity index (χ1v) is 15.5. The molecule has 1 atom stereocenters. The van der Waals surface area contributed by atoms with E-state index in [2.05, 4.69) is 50.0 Å². The van der Waals surface area contributed by atoms with Crippen molar-refractivity contribution in [2.75, 3.05) is 6.61 Å². The number of fused-ring (bicyclic) bond motifs is 1. The molecule has 1 aliphatic heterocycles. The van der Waals surface area contributed by atoms with Crippen LogP contribution in [0.25, 0.3) is 5.52 Å². The Kier molecular flexibility index (Phi) is 7.05. The van der Waals surface area contributed by atoms with Crippen molar-refractivity contribution in [1.82, 2.24) is 14.6 Å². The van der Waals surface area contributed by atoms with E-state index in [9.17, 15) is 5.26 Å². The lowest BCUT2D eigenvalue weighted by Gasteiger charge is -2.37. The van der Waals surface area contributed by atoms with Crippen LogP contribution < -0.4 is 10.2 Å². The molecule has 10 heteroatoms. The molecule has 0 saturated carbocycles. The maximum Gasteiger partial charge on any atom is 0.496 e. The number of nitriles is 1. The van der Waals surface area contributed by atoms with Crippen LogP contribution in [0.3, 0.4) is 0 Å². The van der Waals surface area contributed by atoms with Gasteiger partial charge in [-0.05, 0) is 64.0 Å². The second-order valence-corrected chi connectivity index (χ2v) is 16.9. The fraction of sp³-hybridized carbons (Fsp3) is 0.519.